The SMILES string of the molecule is CC(C)(C)OC(=O)N[C@H](CCc1cc(F)cc(F)c1)C(=O)O. The van der Waals surface area contributed by atoms with Crippen molar-refractivity contribution in [2.75, 3.05) is 0 Å². The number of hydrogen-bond donors (Lipinski definition) is 2. The van der Waals surface area contributed by atoms with Crippen LogP contribution < -0.4 is 5.32 Å². The Labute approximate surface area is 127 Å². The van der Waals surface area contributed by atoms with Gasteiger partial charge in [0.2, 0.25) is 0 Å². The maximum Gasteiger partial charge on any atom is 0.408 e. The smallest absolute Gasteiger partial charge is 0.408 e. The number of halogens is 2. The predicted octanol–water partition coefficient (Wildman–Crippen LogP) is 2.88. The Balaban J connectivity index is 2.65. The van der Waals surface area contributed by atoms with E-state index in [2.05, 4.69) is 5.32 Å². The molecule has 1 aromatic carbocycles. The lowest BCUT2D eigenvalue weighted by atomic mass is 10.0. The molecule has 0 bridgehead atoms. The van der Waals surface area contributed by atoms with Crippen LogP contribution in [0.2, 0.25) is 0 Å². The molecule has 0 aliphatic rings. The summed E-state index contributed by atoms with van der Waals surface area (Å²) in [7, 11) is 0. The minimum absolute atomic E-state index is 0.0164. The second-order valence-electron chi connectivity index (χ2n) is 5.85. The lowest BCUT2D eigenvalue weighted by Gasteiger charge is -2.22. The molecule has 0 radical (unpaired) electrons. The molecular weight excluding hydrogens is 296 g/mol. The maximum absolute atomic E-state index is 13.1. The highest BCUT2D eigenvalue weighted by Gasteiger charge is 2.23. The number of aliphatic carboxylic acids is 1. The fraction of sp³-hybridized carbons (Fsp3) is 0.467. The van der Waals surface area contributed by atoms with Gasteiger partial charge in [-0.25, -0.2) is 18.4 Å². The Bertz CT molecular complexity index is 535. The molecule has 0 aromatic heterocycles. The molecular formula is C15H19F2NO4. The molecule has 0 spiro atoms. The lowest BCUT2D eigenvalue weighted by Crippen LogP contribution is -2.43. The van der Waals surface area contributed by atoms with E-state index in [0.717, 1.165) is 18.2 Å². The van der Waals surface area contributed by atoms with Crippen molar-refractivity contribution >= 4 is 12.1 Å². The van der Waals surface area contributed by atoms with E-state index in [4.69, 9.17) is 9.84 Å². The number of nitrogens with one attached hydrogen (secondary N) is 1. The standard InChI is InChI=1S/C15H19F2NO4/c1-15(2,3)22-14(21)18-12(13(19)20)5-4-9-6-10(16)8-11(17)7-9/h6-8,12H,4-5H2,1-3H3,(H,18,21)(H,19,20)/t12-/m1/s1. The van der Waals surface area contributed by atoms with Crippen LogP contribution in [-0.4, -0.2) is 28.8 Å². The van der Waals surface area contributed by atoms with E-state index in [1.54, 1.807) is 20.8 Å². The number of carboxylic acids is 1. The predicted molar refractivity (Wildman–Crippen MR) is 75.5 cm³/mol. The second-order valence-corrected chi connectivity index (χ2v) is 5.85. The minimum Gasteiger partial charge on any atom is -0.480 e. The van der Waals surface area contributed by atoms with Gasteiger partial charge in [0.1, 0.15) is 23.3 Å². The first-order valence-corrected chi connectivity index (χ1v) is 6.74. The van der Waals surface area contributed by atoms with E-state index in [1.165, 1.54) is 0 Å². The third kappa shape index (κ3) is 6.51. The van der Waals surface area contributed by atoms with Gasteiger partial charge in [-0.3, -0.25) is 0 Å². The molecule has 1 rings (SSSR count). The number of benzene rings is 1. The number of aryl methyl sites for hydroxylation is 1. The van der Waals surface area contributed by atoms with Crippen molar-refractivity contribution in [2.45, 2.75) is 45.3 Å². The maximum atomic E-state index is 13.1. The van der Waals surface area contributed by atoms with Crippen molar-refractivity contribution in [3.8, 4) is 0 Å². The van der Waals surface area contributed by atoms with Gasteiger partial charge in [-0.1, -0.05) is 0 Å². The van der Waals surface area contributed by atoms with Crippen LogP contribution in [0.1, 0.15) is 32.8 Å². The highest BCUT2D eigenvalue weighted by molar-refractivity contribution is 5.80. The molecule has 22 heavy (non-hydrogen) atoms. The van der Waals surface area contributed by atoms with Crippen molar-refractivity contribution in [1.82, 2.24) is 5.32 Å². The van der Waals surface area contributed by atoms with Crippen LogP contribution >= 0.6 is 0 Å². The van der Waals surface area contributed by atoms with E-state index in [-0.39, 0.29) is 12.8 Å². The zero-order valence-electron chi connectivity index (χ0n) is 12.7. The Hall–Kier alpha value is -2.18. The first-order valence-electron chi connectivity index (χ1n) is 6.74. The summed E-state index contributed by atoms with van der Waals surface area (Å²) in [5, 5.41) is 11.3. The third-order valence-electron chi connectivity index (χ3n) is 2.63. The van der Waals surface area contributed by atoms with Gasteiger partial charge in [0.05, 0.1) is 0 Å². The molecule has 0 heterocycles. The number of carbonyl (C=O) groups excluding carboxylic acids is 1. The van der Waals surface area contributed by atoms with Crippen molar-refractivity contribution in [2.24, 2.45) is 0 Å². The number of amides is 1. The first-order chi connectivity index (χ1) is 10.1. The Morgan fingerprint density at radius 3 is 2.23 bits per heavy atom. The van der Waals surface area contributed by atoms with Gasteiger partial charge in [-0.05, 0) is 51.3 Å². The van der Waals surface area contributed by atoms with Gasteiger partial charge < -0.3 is 15.2 Å². The van der Waals surface area contributed by atoms with Crippen LogP contribution in [0.4, 0.5) is 13.6 Å². The van der Waals surface area contributed by atoms with Crippen molar-refractivity contribution < 1.29 is 28.2 Å². The molecule has 0 saturated carbocycles. The molecule has 0 fully saturated rings. The van der Waals surface area contributed by atoms with Crippen LogP contribution in [0.3, 0.4) is 0 Å². The molecule has 5 nitrogen and oxygen atoms in total. The summed E-state index contributed by atoms with van der Waals surface area (Å²) in [6.07, 6.45) is -0.774. The van der Waals surface area contributed by atoms with Crippen LogP contribution in [0.15, 0.2) is 18.2 Å². The van der Waals surface area contributed by atoms with Crippen LogP contribution in [0, 0.1) is 11.6 Å². The highest BCUT2D eigenvalue weighted by Crippen LogP contribution is 2.12. The van der Waals surface area contributed by atoms with Crippen LogP contribution in [0.5, 0.6) is 0 Å². The molecule has 0 unspecified atom stereocenters. The minimum atomic E-state index is -1.25. The van der Waals surface area contributed by atoms with Gasteiger partial charge in [0, 0.05) is 6.07 Å². The van der Waals surface area contributed by atoms with E-state index in [1.807, 2.05) is 0 Å². The van der Waals surface area contributed by atoms with Crippen LogP contribution in [0.25, 0.3) is 0 Å². The topological polar surface area (TPSA) is 75.6 Å². The number of ether oxygens (including phenoxy) is 1. The molecule has 1 aromatic rings. The van der Waals surface area contributed by atoms with Gasteiger partial charge in [-0.15, -0.1) is 0 Å². The average Bonchev–Trinajstić information content (AvgIpc) is 2.30. The second kappa shape index (κ2) is 7.20. The number of carboxylic acid groups (broad SMARTS) is 1. The van der Waals surface area contributed by atoms with Gasteiger partial charge >= 0.3 is 12.1 Å². The largest absolute Gasteiger partial charge is 0.480 e. The summed E-state index contributed by atoms with van der Waals surface area (Å²) in [4.78, 5) is 22.7. The van der Waals surface area contributed by atoms with E-state index >= 15 is 0 Å². The monoisotopic (exact) mass is 315 g/mol. The summed E-state index contributed by atoms with van der Waals surface area (Å²) >= 11 is 0. The Morgan fingerprint density at radius 2 is 1.77 bits per heavy atom. The molecule has 122 valence electrons. The molecule has 2 N–H and O–H groups in total. The quantitative estimate of drug-likeness (QED) is 0.876. The normalized spacial score (nSPS) is 12.6. The van der Waals surface area contributed by atoms with Gasteiger partial charge in [0.25, 0.3) is 0 Å². The third-order valence-corrected chi connectivity index (χ3v) is 2.63. The summed E-state index contributed by atoms with van der Waals surface area (Å²) < 4.78 is 31.1. The number of hydrogen-bond acceptors (Lipinski definition) is 3. The van der Waals surface area contributed by atoms with Crippen molar-refractivity contribution in [3.63, 3.8) is 0 Å². The first kappa shape index (κ1) is 17.9. The zero-order valence-corrected chi connectivity index (χ0v) is 12.7. The lowest BCUT2D eigenvalue weighted by molar-refractivity contribution is -0.139. The van der Waals surface area contributed by atoms with Gasteiger partial charge in [0.15, 0.2) is 0 Å². The summed E-state index contributed by atoms with van der Waals surface area (Å²) in [6.45, 7) is 4.95. The molecule has 1 atom stereocenters. The molecule has 1 amide bonds. The van der Waals surface area contributed by atoms with Gasteiger partial charge in [-0.2, -0.15) is 0 Å². The fourth-order valence-corrected chi connectivity index (χ4v) is 1.77. The van der Waals surface area contributed by atoms with Crippen LogP contribution in [-0.2, 0) is 16.0 Å². The molecule has 0 saturated heterocycles. The zero-order chi connectivity index (χ0) is 16.9. The Morgan fingerprint density at radius 1 is 1.23 bits per heavy atom. The van der Waals surface area contributed by atoms with Crippen molar-refractivity contribution in [1.29, 1.82) is 0 Å². The fourth-order valence-electron chi connectivity index (χ4n) is 1.77. The van der Waals surface area contributed by atoms with E-state index in [0.29, 0.717) is 5.56 Å². The molecule has 0 aliphatic heterocycles. The summed E-state index contributed by atoms with van der Waals surface area (Å²) in [5.41, 5.74) is -0.437. The summed E-state index contributed by atoms with van der Waals surface area (Å²) in [6, 6.07) is 1.77. The average molecular weight is 315 g/mol. The number of rotatable bonds is 5. The highest BCUT2D eigenvalue weighted by atomic mass is 19.1. The van der Waals surface area contributed by atoms with E-state index in [9.17, 15) is 18.4 Å². The van der Waals surface area contributed by atoms with E-state index < -0.39 is 35.3 Å². The summed E-state index contributed by atoms with van der Waals surface area (Å²) in [5.74, 6) is -2.72. The molecule has 7 heteroatoms. The number of carbonyl (C=O) groups is 2. The molecule has 0 aliphatic carbocycles. The Kier molecular flexibility index (Phi) is 5.84. The van der Waals surface area contributed by atoms with Crippen molar-refractivity contribution in [3.05, 3.63) is 35.4 Å². The number of alkyl carbamates (subject to hydrolysis) is 1.